The molecular weight excluding hydrogens is 434 g/mol. The van der Waals surface area contributed by atoms with Crippen LogP contribution in [0.1, 0.15) is 43.3 Å². The van der Waals surface area contributed by atoms with Gasteiger partial charge in [0.25, 0.3) is 0 Å². The van der Waals surface area contributed by atoms with Crippen LogP contribution in [0.4, 0.5) is 0 Å². The Labute approximate surface area is 188 Å². The van der Waals surface area contributed by atoms with Crippen molar-refractivity contribution in [2.45, 2.75) is 50.8 Å². The number of unbranched alkanes of at least 4 members (excludes halogenated alkanes) is 1. The molecule has 31 heavy (non-hydrogen) atoms. The van der Waals surface area contributed by atoms with Crippen molar-refractivity contribution in [2.75, 3.05) is 26.2 Å². The highest BCUT2D eigenvalue weighted by Crippen LogP contribution is 2.25. The molecular formula is C22H31N3O4S2. The fourth-order valence-corrected chi connectivity index (χ4v) is 5.94. The number of aromatic nitrogens is 1. The van der Waals surface area contributed by atoms with E-state index in [9.17, 15) is 13.2 Å². The van der Waals surface area contributed by atoms with Gasteiger partial charge in [0.05, 0.1) is 16.5 Å². The van der Waals surface area contributed by atoms with Gasteiger partial charge in [0.2, 0.25) is 15.9 Å². The Bertz CT molecular complexity index is 949. The van der Waals surface area contributed by atoms with E-state index in [2.05, 4.69) is 15.7 Å². The lowest BCUT2D eigenvalue weighted by Crippen LogP contribution is -2.43. The number of rotatable bonds is 10. The molecule has 0 spiro atoms. The highest BCUT2D eigenvalue weighted by atomic mass is 32.2. The Morgan fingerprint density at radius 1 is 1.23 bits per heavy atom. The number of carbonyl (C=O) groups excluding carboxylic acids is 1. The largest absolute Gasteiger partial charge is 0.494 e. The predicted molar refractivity (Wildman–Crippen MR) is 122 cm³/mol. The second kappa shape index (κ2) is 11.1. The Hall–Kier alpha value is -1.97. The van der Waals surface area contributed by atoms with Gasteiger partial charge in [-0.2, -0.15) is 4.31 Å². The van der Waals surface area contributed by atoms with Gasteiger partial charge < -0.3 is 10.1 Å². The molecule has 3 rings (SSSR count). The molecule has 9 heteroatoms. The standard InChI is InChI=1S/C22H31N3O4S2/c1-3-29-19-7-9-20(10-8-19)31(27,28)25-14-11-18(12-15-25)22(26)23-13-5-4-6-21-24-17(2)16-30-21/h7-10,16,18H,3-6,11-15H2,1-2H3,(H,23,26). The third-order valence-corrected chi connectivity index (χ3v) is 8.32. The Morgan fingerprint density at radius 2 is 1.94 bits per heavy atom. The van der Waals surface area contributed by atoms with Gasteiger partial charge >= 0.3 is 0 Å². The maximum atomic E-state index is 12.9. The minimum atomic E-state index is -3.55. The zero-order chi connectivity index (χ0) is 22.3. The van der Waals surface area contributed by atoms with Crippen molar-refractivity contribution >= 4 is 27.3 Å². The number of hydrogen-bond donors (Lipinski definition) is 1. The lowest BCUT2D eigenvalue weighted by Gasteiger charge is -2.30. The van der Waals surface area contributed by atoms with E-state index in [1.54, 1.807) is 35.6 Å². The fraction of sp³-hybridized carbons (Fsp3) is 0.545. The number of benzene rings is 1. The number of amides is 1. The minimum Gasteiger partial charge on any atom is -0.494 e. The second-order valence-electron chi connectivity index (χ2n) is 7.71. The maximum Gasteiger partial charge on any atom is 0.243 e. The number of nitrogens with one attached hydrogen (secondary N) is 1. The van der Waals surface area contributed by atoms with Gasteiger partial charge in [-0.15, -0.1) is 11.3 Å². The molecule has 0 unspecified atom stereocenters. The van der Waals surface area contributed by atoms with E-state index in [-0.39, 0.29) is 16.7 Å². The first-order valence-electron chi connectivity index (χ1n) is 10.8. The first kappa shape index (κ1) is 23.7. The maximum absolute atomic E-state index is 12.9. The zero-order valence-corrected chi connectivity index (χ0v) is 19.8. The number of ether oxygens (including phenoxy) is 1. The van der Waals surface area contributed by atoms with Gasteiger partial charge in [0.1, 0.15) is 5.75 Å². The summed E-state index contributed by atoms with van der Waals surface area (Å²) in [5.74, 6) is 0.551. The normalized spacial score (nSPS) is 15.7. The molecule has 0 atom stereocenters. The summed E-state index contributed by atoms with van der Waals surface area (Å²) < 4.78 is 32.6. The molecule has 2 heterocycles. The lowest BCUT2D eigenvalue weighted by atomic mass is 9.97. The van der Waals surface area contributed by atoms with E-state index in [1.807, 2.05) is 13.8 Å². The molecule has 1 aliphatic rings. The molecule has 2 aromatic rings. The van der Waals surface area contributed by atoms with Crippen LogP contribution in [-0.4, -0.2) is 49.9 Å². The second-order valence-corrected chi connectivity index (χ2v) is 10.6. The van der Waals surface area contributed by atoms with Gasteiger partial charge in [-0.3, -0.25) is 4.79 Å². The Balaban J connectivity index is 1.40. The monoisotopic (exact) mass is 465 g/mol. The topological polar surface area (TPSA) is 88.6 Å². The summed E-state index contributed by atoms with van der Waals surface area (Å²) in [6.45, 7) is 5.78. The summed E-state index contributed by atoms with van der Waals surface area (Å²) in [7, 11) is -3.55. The summed E-state index contributed by atoms with van der Waals surface area (Å²) >= 11 is 1.68. The van der Waals surface area contributed by atoms with Crippen LogP contribution in [0, 0.1) is 12.8 Å². The molecule has 1 aromatic carbocycles. The number of piperidine rings is 1. The number of hydrogen-bond acceptors (Lipinski definition) is 6. The summed E-state index contributed by atoms with van der Waals surface area (Å²) in [4.78, 5) is 17.2. The highest BCUT2D eigenvalue weighted by Gasteiger charge is 2.32. The van der Waals surface area contributed by atoms with Gasteiger partial charge in [-0.1, -0.05) is 0 Å². The van der Waals surface area contributed by atoms with Crippen molar-refractivity contribution in [2.24, 2.45) is 5.92 Å². The van der Waals surface area contributed by atoms with Crippen LogP contribution in [0.15, 0.2) is 34.5 Å². The minimum absolute atomic E-state index is 0.0307. The van der Waals surface area contributed by atoms with Crippen molar-refractivity contribution in [1.82, 2.24) is 14.6 Å². The molecule has 1 saturated heterocycles. The molecule has 1 N–H and O–H groups in total. The first-order chi connectivity index (χ1) is 14.9. The van der Waals surface area contributed by atoms with Crippen molar-refractivity contribution in [3.8, 4) is 5.75 Å². The van der Waals surface area contributed by atoms with E-state index in [1.165, 1.54) is 4.31 Å². The quantitative estimate of drug-likeness (QED) is 0.544. The van der Waals surface area contributed by atoms with Crippen LogP contribution in [0.3, 0.4) is 0 Å². The summed E-state index contributed by atoms with van der Waals surface area (Å²) in [5, 5.41) is 6.21. The first-order valence-corrected chi connectivity index (χ1v) is 13.1. The average Bonchev–Trinajstić information content (AvgIpc) is 3.19. The van der Waals surface area contributed by atoms with E-state index in [0.717, 1.165) is 30.0 Å². The van der Waals surface area contributed by atoms with Gasteiger partial charge in [-0.25, -0.2) is 13.4 Å². The van der Waals surface area contributed by atoms with Crippen molar-refractivity contribution < 1.29 is 17.9 Å². The lowest BCUT2D eigenvalue weighted by molar-refractivity contribution is -0.126. The number of aryl methyl sites for hydroxylation is 2. The third-order valence-electron chi connectivity index (χ3n) is 5.38. The van der Waals surface area contributed by atoms with Crippen LogP contribution >= 0.6 is 11.3 Å². The molecule has 1 amide bonds. The zero-order valence-electron chi connectivity index (χ0n) is 18.2. The van der Waals surface area contributed by atoms with Crippen molar-refractivity contribution in [1.29, 1.82) is 0 Å². The molecule has 0 radical (unpaired) electrons. The van der Waals surface area contributed by atoms with Crippen LogP contribution < -0.4 is 10.1 Å². The molecule has 0 bridgehead atoms. The van der Waals surface area contributed by atoms with Crippen LogP contribution in [0.5, 0.6) is 5.75 Å². The van der Waals surface area contributed by atoms with Gasteiger partial charge in [-0.05, 0) is 70.2 Å². The molecule has 7 nitrogen and oxygen atoms in total. The molecule has 170 valence electrons. The molecule has 1 aliphatic heterocycles. The predicted octanol–water partition coefficient (Wildman–Crippen LogP) is 3.39. The Morgan fingerprint density at radius 3 is 2.55 bits per heavy atom. The molecule has 0 saturated carbocycles. The molecule has 1 aromatic heterocycles. The van der Waals surface area contributed by atoms with E-state index in [4.69, 9.17) is 4.74 Å². The molecule has 0 aliphatic carbocycles. The summed E-state index contributed by atoms with van der Waals surface area (Å²) in [5.41, 5.74) is 1.06. The van der Waals surface area contributed by atoms with Crippen molar-refractivity contribution in [3.05, 3.63) is 40.3 Å². The van der Waals surface area contributed by atoms with Gasteiger partial charge in [0.15, 0.2) is 0 Å². The average molecular weight is 466 g/mol. The number of thiazole rings is 1. The number of nitrogens with zero attached hydrogens (tertiary/aromatic N) is 2. The fourth-order valence-electron chi connectivity index (χ4n) is 3.66. The highest BCUT2D eigenvalue weighted by molar-refractivity contribution is 7.89. The summed E-state index contributed by atoms with van der Waals surface area (Å²) in [6, 6.07) is 6.50. The van der Waals surface area contributed by atoms with Gasteiger partial charge in [0, 0.05) is 36.6 Å². The third kappa shape index (κ3) is 6.51. The van der Waals surface area contributed by atoms with E-state index in [0.29, 0.717) is 44.8 Å². The summed E-state index contributed by atoms with van der Waals surface area (Å²) in [6.07, 6.45) is 3.93. The van der Waals surface area contributed by atoms with Crippen LogP contribution in [0.2, 0.25) is 0 Å². The van der Waals surface area contributed by atoms with Crippen LogP contribution in [0.25, 0.3) is 0 Å². The number of sulfonamides is 1. The number of carbonyl (C=O) groups is 1. The van der Waals surface area contributed by atoms with Crippen LogP contribution in [-0.2, 0) is 21.2 Å². The van der Waals surface area contributed by atoms with E-state index < -0.39 is 10.0 Å². The molecule has 1 fully saturated rings. The Kier molecular flexibility index (Phi) is 8.45. The smallest absolute Gasteiger partial charge is 0.243 e. The van der Waals surface area contributed by atoms with E-state index >= 15 is 0 Å². The SMILES string of the molecule is CCOc1ccc(S(=O)(=O)N2CCC(C(=O)NCCCCc3nc(C)cs3)CC2)cc1. The van der Waals surface area contributed by atoms with Crippen molar-refractivity contribution in [3.63, 3.8) is 0 Å².